The van der Waals surface area contributed by atoms with Gasteiger partial charge in [0, 0.05) is 43.0 Å². The van der Waals surface area contributed by atoms with Crippen LogP contribution in [-0.4, -0.2) is 4.57 Å². The number of nitrogens with zero attached hydrogens (tertiary/aromatic N) is 1. The molecular weight excluding hydrogens is 863 g/mol. The third-order valence-corrected chi connectivity index (χ3v) is 15.2. The number of benzene rings is 11. The van der Waals surface area contributed by atoms with Crippen molar-refractivity contribution in [2.24, 2.45) is 0 Å². The third kappa shape index (κ3) is 7.62. The number of rotatable bonds is 9. The molecule has 0 amide bonds. The molecule has 0 unspecified atom stereocenters. The van der Waals surface area contributed by atoms with E-state index in [2.05, 4.69) is 278 Å². The largest absolute Gasteiger partial charge is 0.316 e. The third-order valence-electron chi connectivity index (χ3n) is 13.9. The summed E-state index contributed by atoms with van der Waals surface area (Å²) in [6.07, 6.45) is 2.33. The SMILES string of the molecule is c1ccc(-c2ccc(-c3ccc(-c4ccc5c(c4)c(-c4ccc(-c6ccc(-c7ccccc7)cc6)cc4)cn5-c4ccc(-c5cccc6c5sc5c(-c7ccccc7)cccc56)cc4)cc3)cc2)cc1. The van der Waals surface area contributed by atoms with Crippen LogP contribution in [0.25, 0.3) is 126 Å². The van der Waals surface area contributed by atoms with Gasteiger partial charge in [0.05, 0.1) is 5.52 Å². The Morgan fingerprint density at radius 2 is 0.557 bits per heavy atom. The van der Waals surface area contributed by atoms with Crippen LogP contribution in [0.15, 0.2) is 273 Å². The maximum absolute atomic E-state index is 2.38. The van der Waals surface area contributed by atoms with Crippen molar-refractivity contribution in [2.45, 2.75) is 0 Å². The molecule has 0 saturated heterocycles. The molecule has 2 heteroatoms. The summed E-state index contributed by atoms with van der Waals surface area (Å²) in [5.41, 5.74) is 21.8. The van der Waals surface area contributed by atoms with Crippen molar-refractivity contribution in [1.82, 2.24) is 4.57 Å². The van der Waals surface area contributed by atoms with E-state index in [1.165, 1.54) is 120 Å². The number of hydrogen-bond donors (Lipinski definition) is 0. The molecule has 0 aliphatic heterocycles. The molecule has 328 valence electrons. The summed E-state index contributed by atoms with van der Waals surface area (Å²) < 4.78 is 5.01. The second-order valence-corrected chi connectivity index (χ2v) is 19.1. The van der Waals surface area contributed by atoms with Crippen LogP contribution in [0.3, 0.4) is 0 Å². The molecule has 13 aromatic rings. The van der Waals surface area contributed by atoms with Crippen LogP contribution >= 0.6 is 11.3 Å². The van der Waals surface area contributed by atoms with Gasteiger partial charge in [-0.15, -0.1) is 11.3 Å². The summed E-state index contributed by atoms with van der Waals surface area (Å²) in [6, 6.07) is 97.3. The topological polar surface area (TPSA) is 4.93 Å². The monoisotopic (exact) mass is 907 g/mol. The van der Waals surface area contributed by atoms with Crippen LogP contribution in [0.2, 0.25) is 0 Å². The lowest BCUT2D eigenvalue weighted by molar-refractivity contribution is 1.13. The molecule has 0 saturated carbocycles. The van der Waals surface area contributed by atoms with Crippen molar-refractivity contribution in [3.63, 3.8) is 0 Å². The first-order valence-corrected chi connectivity index (χ1v) is 24.8. The quantitative estimate of drug-likeness (QED) is 0.136. The average Bonchev–Trinajstić information content (AvgIpc) is 4.03. The number of aromatic nitrogens is 1. The Morgan fingerprint density at radius 3 is 1.00 bits per heavy atom. The van der Waals surface area contributed by atoms with Gasteiger partial charge in [0.1, 0.15) is 0 Å². The molecule has 0 N–H and O–H groups in total. The van der Waals surface area contributed by atoms with Gasteiger partial charge in [-0.05, 0) is 108 Å². The lowest BCUT2D eigenvalue weighted by Gasteiger charge is -2.10. The molecule has 0 aliphatic rings. The van der Waals surface area contributed by atoms with Crippen LogP contribution in [0, 0.1) is 0 Å². The molecule has 0 radical (unpaired) electrons. The van der Waals surface area contributed by atoms with E-state index in [0.717, 1.165) is 5.69 Å². The Kier molecular flexibility index (Phi) is 10.5. The first-order valence-electron chi connectivity index (χ1n) is 24.0. The van der Waals surface area contributed by atoms with E-state index in [0.29, 0.717) is 0 Å². The highest BCUT2D eigenvalue weighted by Crippen LogP contribution is 2.44. The van der Waals surface area contributed by atoms with Crippen molar-refractivity contribution >= 4 is 42.4 Å². The zero-order chi connectivity index (χ0) is 46.4. The van der Waals surface area contributed by atoms with Gasteiger partial charge in [-0.2, -0.15) is 0 Å². The maximum Gasteiger partial charge on any atom is 0.0535 e. The Hall–Kier alpha value is -8.82. The van der Waals surface area contributed by atoms with Crippen LogP contribution in [0.4, 0.5) is 0 Å². The highest BCUT2D eigenvalue weighted by Gasteiger charge is 2.17. The molecular formula is C68H45NS. The Morgan fingerprint density at radius 1 is 0.229 bits per heavy atom. The second-order valence-electron chi connectivity index (χ2n) is 18.1. The highest BCUT2D eigenvalue weighted by molar-refractivity contribution is 7.26. The lowest BCUT2D eigenvalue weighted by atomic mass is 9.96. The first kappa shape index (κ1) is 41.4. The van der Waals surface area contributed by atoms with Gasteiger partial charge in [-0.1, -0.05) is 243 Å². The standard InChI is InChI=1S/C68H45NS/c1-4-12-46(13-5-1)48-22-26-50(27-23-48)52-30-32-54(33-31-52)58-40-43-66-64(44-58)65(57-36-34-53(35-37-57)51-28-24-49(25-29-51)47-14-6-2-7-15-47)45-69(66)59-41-38-56(39-42-59)61-19-11-21-63-62-20-10-18-60(67(62)70-68(61)63)55-16-8-3-9-17-55/h1-45H. The smallest absolute Gasteiger partial charge is 0.0535 e. The summed E-state index contributed by atoms with van der Waals surface area (Å²) in [7, 11) is 0. The van der Waals surface area contributed by atoms with Crippen LogP contribution < -0.4 is 0 Å². The molecule has 0 bridgehead atoms. The minimum Gasteiger partial charge on any atom is -0.316 e. The van der Waals surface area contributed by atoms with Gasteiger partial charge in [-0.3, -0.25) is 0 Å². The fourth-order valence-electron chi connectivity index (χ4n) is 10.2. The zero-order valence-electron chi connectivity index (χ0n) is 38.3. The summed E-state index contributed by atoms with van der Waals surface area (Å²) in [5.74, 6) is 0. The predicted octanol–water partition coefficient (Wildman–Crippen LogP) is 19.3. The Labute approximate surface area is 412 Å². The normalized spacial score (nSPS) is 11.4. The van der Waals surface area contributed by atoms with Gasteiger partial charge in [0.15, 0.2) is 0 Å². The minimum absolute atomic E-state index is 1.13. The number of thiophene rings is 1. The Bertz CT molecular complexity index is 3960. The van der Waals surface area contributed by atoms with Crippen LogP contribution in [-0.2, 0) is 0 Å². The molecule has 0 aliphatic carbocycles. The zero-order valence-corrected chi connectivity index (χ0v) is 39.2. The summed E-state index contributed by atoms with van der Waals surface area (Å²) in [5, 5.41) is 3.83. The highest BCUT2D eigenvalue weighted by atomic mass is 32.1. The first-order chi connectivity index (χ1) is 34.7. The van der Waals surface area contributed by atoms with Crippen molar-refractivity contribution < 1.29 is 0 Å². The van der Waals surface area contributed by atoms with E-state index in [-0.39, 0.29) is 0 Å². The van der Waals surface area contributed by atoms with Gasteiger partial charge >= 0.3 is 0 Å². The van der Waals surface area contributed by atoms with Gasteiger partial charge in [0.25, 0.3) is 0 Å². The van der Waals surface area contributed by atoms with E-state index in [1.807, 2.05) is 11.3 Å². The summed E-state index contributed by atoms with van der Waals surface area (Å²) in [4.78, 5) is 0. The van der Waals surface area contributed by atoms with Crippen molar-refractivity contribution in [3.8, 4) is 94.7 Å². The Balaban J connectivity index is 0.859. The molecule has 70 heavy (non-hydrogen) atoms. The molecule has 0 atom stereocenters. The summed E-state index contributed by atoms with van der Waals surface area (Å²) in [6.45, 7) is 0. The van der Waals surface area contributed by atoms with Crippen molar-refractivity contribution in [3.05, 3.63) is 273 Å². The molecule has 13 rings (SSSR count). The van der Waals surface area contributed by atoms with E-state index in [9.17, 15) is 0 Å². The van der Waals surface area contributed by atoms with E-state index in [1.54, 1.807) is 0 Å². The van der Waals surface area contributed by atoms with Gasteiger partial charge in [-0.25, -0.2) is 0 Å². The number of hydrogen-bond acceptors (Lipinski definition) is 1. The number of fused-ring (bicyclic) bond motifs is 4. The second kappa shape index (κ2) is 17.7. The van der Waals surface area contributed by atoms with E-state index < -0.39 is 0 Å². The average molecular weight is 908 g/mol. The van der Waals surface area contributed by atoms with Gasteiger partial charge in [0.2, 0.25) is 0 Å². The van der Waals surface area contributed by atoms with Crippen LogP contribution in [0.5, 0.6) is 0 Å². The van der Waals surface area contributed by atoms with Crippen molar-refractivity contribution in [2.75, 3.05) is 0 Å². The molecule has 11 aromatic carbocycles. The molecule has 0 fully saturated rings. The van der Waals surface area contributed by atoms with E-state index in [4.69, 9.17) is 0 Å². The molecule has 1 nitrogen and oxygen atoms in total. The van der Waals surface area contributed by atoms with E-state index >= 15 is 0 Å². The predicted molar refractivity (Wildman–Crippen MR) is 300 cm³/mol. The summed E-state index contributed by atoms with van der Waals surface area (Å²) >= 11 is 1.90. The van der Waals surface area contributed by atoms with Crippen molar-refractivity contribution in [1.29, 1.82) is 0 Å². The fraction of sp³-hybridized carbons (Fsp3) is 0. The molecule has 0 spiro atoms. The molecule has 2 heterocycles. The lowest BCUT2D eigenvalue weighted by Crippen LogP contribution is -1.92. The van der Waals surface area contributed by atoms with Gasteiger partial charge < -0.3 is 4.57 Å². The fourth-order valence-corrected chi connectivity index (χ4v) is 11.6. The minimum atomic E-state index is 1.13. The molecule has 2 aromatic heterocycles. The maximum atomic E-state index is 2.38. The van der Waals surface area contributed by atoms with Crippen LogP contribution in [0.1, 0.15) is 0 Å².